The van der Waals surface area contributed by atoms with Crippen LogP contribution in [0.15, 0.2) is 235 Å². The van der Waals surface area contributed by atoms with E-state index in [0.29, 0.717) is 0 Å². The Bertz CT molecular complexity index is 3540. The second kappa shape index (κ2) is 14.3. The van der Waals surface area contributed by atoms with Crippen molar-refractivity contribution < 1.29 is 4.42 Å². The number of anilines is 3. The van der Waals surface area contributed by atoms with Gasteiger partial charge in [-0.25, -0.2) is 0 Å². The standard InChI is InChI=1S/C58H38N2O/c1-2-15-40(16-3-1)47-21-6-10-25-53(47)59(54-26-11-7-22-48(54)44-31-34-57-51(37-44)52-36-42-17-4-5-18-43(42)38-58(52)61-57)45-32-29-39(30-33-45)41-19-14-20-46(35-41)60-55-27-12-8-23-49(55)50-24-9-13-28-56(50)60/h1-38H. The van der Waals surface area contributed by atoms with E-state index in [0.717, 1.165) is 78.1 Å². The summed E-state index contributed by atoms with van der Waals surface area (Å²) in [6.45, 7) is 0. The highest BCUT2D eigenvalue weighted by Gasteiger charge is 2.21. The predicted octanol–water partition coefficient (Wildman–Crippen LogP) is 16.3. The summed E-state index contributed by atoms with van der Waals surface area (Å²) in [4.78, 5) is 2.42. The Morgan fingerprint density at radius 1 is 0.328 bits per heavy atom. The maximum atomic E-state index is 6.43. The molecule has 12 aromatic rings. The fourth-order valence-electron chi connectivity index (χ4n) is 9.31. The molecule has 286 valence electrons. The number of nitrogens with zero attached hydrogens (tertiary/aromatic N) is 2. The van der Waals surface area contributed by atoms with Gasteiger partial charge in [-0.1, -0.05) is 158 Å². The molecule has 0 radical (unpaired) electrons. The highest BCUT2D eigenvalue weighted by molar-refractivity contribution is 6.12. The van der Waals surface area contributed by atoms with Gasteiger partial charge in [0.15, 0.2) is 0 Å². The van der Waals surface area contributed by atoms with Gasteiger partial charge in [-0.05, 0) is 106 Å². The summed E-state index contributed by atoms with van der Waals surface area (Å²) < 4.78 is 8.82. The summed E-state index contributed by atoms with van der Waals surface area (Å²) in [5.41, 5.74) is 15.5. The Morgan fingerprint density at radius 2 is 0.885 bits per heavy atom. The summed E-state index contributed by atoms with van der Waals surface area (Å²) in [7, 11) is 0. The van der Waals surface area contributed by atoms with Crippen LogP contribution in [-0.4, -0.2) is 4.57 Å². The zero-order valence-corrected chi connectivity index (χ0v) is 33.2. The van der Waals surface area contributed by atoms with Crippen LogP contribution in [0.5, 0.6) is 0 Å². The van der Waals surface area contributed by atoms with E-state index in [4.69, 9.17) is 4.42 Å². The van der Waals surface area contributed by atoms with E-state index in [1.54, 1.807) is 0 Å². The first-order chi connectivity index (χ1) is 30.2. The fraction of sp³-hybridized carbons (Fsp3) is 0. The van der Waals surface area contributed by atoms with Gasteiger partial charge < -0.3 is 13.9 Å². The van der Waals surface area contributed by atoms with Gasteiger partial charge in [0.2, 0.25) is 0 Å². The molecule has 0 fully saturated rings. The molecule has 0 unspecified atom stereocenters. The molecule has 12 rings (SSSR count). The molecular formula is C58H38N2O. The number of furan rings is 1. The SMILES string of the molecule is c1ccc(-c2ccccc2N(c2ccc(-c3cccc(-n4c5ccccc5c5ccccc54)c3)cc2)c2ccccc2-c2ccc3oc4cc5ccccc5cc4c3c2)cc1. The van der Waals surface area contributed by atoms with Crippen molar-refractivity contribution in [2.24, 2.45) is 0 Å². The van der Waals surface area contributed by atoms with Crippen molar-refractivity contribution in [2.75, 3.05) is 4.90 Å². The third kappa shape index (κ3) is 5.90. The normalized spacial score (nSPS) is 11.6. The second-order valence-corrected chi connectivity index (χ2v) is 15.7. The van der Waals surface area contributed by atoms with Crippen molar-refractivity contribution in [3.05, 3.63) is 231 Å². The molecule has 0 aliphatic rings. The molecule has 0 bridgehead atoms. The fourth-order valence-corrected chi connectivity index (χ4v) is 9.31. The maximum Gasteiger partial charge on any atom is 0.136 e. The van der Waals surface area contributed by atoms with E-state index in [-0.39, 0.29) is 0 Å². The summed E-state index contributed by atoms with van der Waals surface area (Å²) in [5, 5.41) is 7.13. The van der Waals surface area contributed by atoms with E-state index >= 15 is 0 Å². The highest BCUT2D eigenvalue weighted by Crippen LogP contribution is 2.46. The first kappa shape index (κ1) is 34.9. The number of fused-ring (bicyclic) bond motifs is 7. The molecule has 0 aliphatic heterocycles. The number of benzene rings is 10. The summed E-state index contributed by atoms with van der Waals surface area (Å²) in [6, 6.07) is 83.0. The van der Waals surface area contributed by atoms with E-state index < -0.39 is 0 Å². The molecule has 0 atom stereocenters. The summed E-state index contributed by atoms with van der Waals surface area (Å²) in [5.74, 6) is 0. The van der Waals surface area contributed by atoms with Crippen LogP contribution in [0, 0.1) is 0 Å². The first-order valence-corrected chi connectivity index (χ1v) is 20.8. The number of rotatable bonds is 7. The highest BCUT2D eigenvalue weighted by atomic mass is 16.3. The van der Waals surface area contributed by atoms with Crippen molar-refractivity contribution >= 4 is 71.6 Å². The van der Waals surface area contributed by atoms with Crippen LogP contribution in [-0.2, 0) is 0 Å². The molecular weight excluding hydrogens is 741 g/mol. The van der Waals surface area contributed by atoms with Crippen LogP contribution in [0.2, 0.25) is 0 Å². The van der Waals surface area contributed by atoms with Gasteiger partial charge in [0.1, 0.15) is 11.2 Å². The molecule has 2 aromatic heterocycles. The average molecular weight is 779 g/mol. The van der Waals surface area contributed by atoms with Gasteiger partial charge in [-0.15, -0.1) is 0 Å². The van der Waals surface area contributed by atoms with Gasteiger partial charge in [0.25, 0.3) is 0 Å². The average Bonchev–Trinajstić information content (AvgIpc) is 3.86. The quantitative estimate of drug-likeness (QED) is 0.161. The van der Waals surface area contributed by atoms with E-state index in [1.165, 1.54) is 32.6 Å². The Labute approximate surface area is 353 Å². The van der Waals surface area contributed by atoms with Crippen molar-refractivity contribution in [3.8, 4) is 39.1 Å². The molecule has 61 heavy (non-hydrogen) atoms. The lowest BCUT2D eigenvalue weighted by atomic mass is 9.97. The van der Waals surface area contributed by atoms with Crippen LogP contribution < -0.4 is 4.90 Å². The van der Waals surface area contributed by atoms with Crippen molar-refractivity contribution in [3.63, 3.8) is 0 Å². The van der Waals surface area contributed by atoms with Gasteiger partial charge >= 0.3 is 0 Å². The van der Waals surface area contributed by atoms with E-state index in [2.05, 4.69) is 240 Å². The minimum absolute atomic E-state index is 0.885. The van der Waals surface area contributed by atoms with Gasteiger partial charge in [-0.2, -0.15) is 0 Å². The molecule has 0 spiro atoms. The summed E-state index contributed by atoms with van der Waals surface area (Å²) >= 11 is 0. The Kier molecular flexibility index (Phi) is 8.17. The van der Waals surface area contributed by atoms with Gasteiger partial charge in [0, 0.05) is 44.0 Å². The molecule has 0 saturated carbocycles. The van der Waals surface area contributed by atoms with Crippen LogP contribution >= 0.6 is 0 Å². The predicted molar refractivity (Wildman–Crippen MR) is 257 cm³/mol. The number of aromatic nitrogens is 1. The van der Waals surface area contributed by atoms with Crippen molar-refractivity contribution in [1.82, 2.24) is 4.57 Å². The number of para-hydroxylation sites is 4. The second-order valence-electron chi connectivity index (χ2n) is 15.7. The maximum absolute atomic E-state index is 6.43. The minimum Gasteiger partial charge on any atom is -0.456 e. The van der Waals surface area contributed by atoms with Gasteiger partial charge in [0.05, 0.1) is 22.4 Å². The van der Waals surface area contributed by atoms with Gasteiger partial charge in [-0.3, -0.25) is 0 Å². The Morgan fingerprint density at radius 3 is 1.61 bits per heavy atom. The molecule has 0 saturated heterocycles. The molecule has 2 heterocycles. The monoisotopic (exact) mass is 778 g/mol. The van der Waals surface area contributed by atoms with Crippen molar-refractivity contribution in [2.45, 2.75) is 0 Å². The van der Waals surface area contributed by atoms with Crippen molar-refractivity contribution in [1.29, 1.82) is 0 Å². The topological polar surface area (TPSA) is 21.3 Å². The molecule has 0 amide bonds. The summed E-state index contributed by atoms with van der Waals surface area (Å²) in [6.07, 6.45) is 0. The molecule has 0 N–H and O–H groups in total. The zero-order valence-electron chi connectivity index (χ0n) is 33.2. The van der Waals surface area contributed by atoms with Crippen LogP contribution in [0.3, 0.4) is 0 Å². The lowest BCUT2D eigenvalue weighted by Crippen LogP contribution is -2.12. The van der Waals surface area contributed by atoms with Crippen LogP contribution in [0.1, 0.15) is 0 Å². The minimum atomic E-state index is 0.885. The number of hydrogen-bond acceptors (Lipinski definition) is 2. The molecule has 3 nitrogen and oxygen atoms in total. The van der Waals surface area contributed by atoms with Crippen LogP contribution in [0.4, 0.5) is 17.1 Å². The third-order valence-corrected chi connectivity index (χ3v) is 12.2. The molecule has 10 aromatic carbocycles. The zero-order chi connectivity index (χ0) is 40.3. The lowest BCUT2D eigenvalue weighted by molar-refractivity contribution is 0.669. The Balaban J connectivity index is 1.000. The Hall–Kier alpha value is -8.14. The first-order valence-electron chi connectivity index (χ1n) is 20.8. The largest absolute Gasteiger partial charge is 0.456 e. The molecule has 3 heteroatoms. The van der Waals surface area contributed by atoms with E-state index in [9.17, 15) is 0 Å². The smallest absolute Gasteiger partial charge is 0.136 e. The molecule has 0 aliphatic carbocycles. The third-order valence-electron chi connectivity index (χ3n) is 12.2. The van der Waals surface area contributed by atoms with E-state index in [1.807, 2.05) is 0 Å². The van der Waals surface area contributed by atoms with Crippen LogP contribution in [0.25, 0.3) is 93.6 Å². The number of hydrogen-bond donors (Lipinski definition) is 0. The lowest BCUT2D eigenvalue weighted by Gasteiger charge is -2.30.